The fraction of sp³-hybridized carbons (Fsp3) is 0.600. The van der Waals surface area contributed by atoms with E-state index in [1.807, 2.05) is 0 Å². The molecule has 0 spiro atoms. The molecule has 0 radical (unpaired) electrons. The highest BCUT2D eigenvalue weighted by Gasteiger charge is 2.36. The summed E-state index contributed by atoms with van der Waals surface area (Å²) in [5.41, 5.74) is -0.901. The van der Waals surface area contributed by atoms with Crippen LogP contribution >= 0.6 is 0 Å². The summed E-state index contributed by atoms with van der Waals surface area (Å²) in [4.78, 5) is 0. The van der Waals surface area contributed by atoms with Gasteiger partial charge in [0, 0.05) is 12.6 Å². The van der Waals surface area contributed by atoms with E-state index < -0.39 is 11.9 Å². The first-order valence-corrected chi connectivity index (χ1v) is 5.19. The van der Waals surface area contributed by atoms with E-state index in [1.54, 1.807) is 0 Å². The summed E-state index contributed by atoms with van der Waals surface area (Å²) in [7, 11) is 1.25. The highest BCUT2D eigenvalue weighted by Crippen LogP contribution is 2.33. The second kappa shape index (κ2) is 4.05. The molecule has 4 nitrogen and oxygen atoms in total. The van der Waals surface area contributed by atoms with Crippen LogP contribution in [0.4, 0.5) is 13.2 Å². The quantitative estimate of drug-likeness (QED) is 0.658. The zero-order valence-electron chi connectivity index (χ0n) is 9.21. The van der Waals surface area contributed by atoms with Crippen LogP contribution in [0.3, 0.4) is 0 Å². The second-order valence-corrected chi connectivity index (χ2v) is 4.07. The van der Waals surface area contributed by atoms with Gasteiger partial charge in [0.05, 0.1) is 7.11 Å². The fourth-order valence-corrected chi connectivity index (χ4v) is 1.53. The van der Waals surface area contributed by atoms with Gasteiger partial charge in [0.15, 0.2) is 5.69 Å². The Morgan fingerprint density at radius 3 is 2.71 bits per heavy atom. The Kier molecular flexibility index (Phi) is 2.84. The number of halogens is 3. The van der Waals surface area contributed by atoms with Crippen LogP contribution in [0, 0.1) is 11.3 Å². The van der Waals surface area contributed by atoms with Gasteiger partial charge in [0.1, 0.15) is 5.69 Å². The van der Waals surface area contributed by atoms with Crippen molar-refractivity contribution in [3.05, 3.63) is 17.5 Å². The van der Waals surface area contributed by atoms with Crippen LogP contribution in [0.15, 0.2) is 6.07 Å². The van der Waals surface area contributed by atoms with Gasteiger partial charge in [-0.3, -0.25) is 10.1 Å². The van der Waals surface area contributed by atoms with E-state index in [-0.39, 0.29) is 11.6 Å². The fourth-order valence-electron chi connectivity index (χ4n) is 1.53. The molecule has 0 aromatic carbocycles. The Labute approximate surface area is 95.9 Å². The van der Waals surface area contributed by atoms with Gasteiger partial charge in [-0.1, -0.05) is 0 Å². The smallest absolute Gasteiger partial charge is 0.435 e. The van der Waals surface area contributed by atoms with E-state index in [4.69, 9.17) is 5.41 Å². The largest absolute Gasteiger partial charge is 0.480 e. The highest BCUT2D eigenvalue weighted by atomic mass is 19.4. The normalized spacial score (nSPS) is 16.0. The number of nitrogens with zero attached hydrogens (tertiary/aromatic N) is 2. The van der Waals surface area contributed by atoms with Crippen LogP contribution in [0.2, 0.25) is 0 Å². The van der Waals surface area contributed by atoms with Crippen LogP contribution in [-0.2, 0) is 17.5 Å². The van der Waals surface area contributed by atoms with E-state index in [9.17, 15) is 13.2 Å². The molecular formula is C10H12F3N3O. The Morgan fingerprint density at radius 2 is 2.24 bits per heavy atom. The molecule has 2 rings (SSSR count). The molecule has 94 valence electrons. The maximum Gasteiger partial charge on any atom is 0.435 e. The zero-order chi connectivity index (χ0) is 12.6. The molecule has 17 heavy (non-hydrogen) atoms. The average Bonchev–Trinajstić information content (AvgIpc) is 2.93. The molecule has 1 fully saturated rings. The Hall–Kier alpha value is -1.53. The Bertz CT molecular complexity index is 434. The molecule has 1 aliphatic rings. The van der Waals surface area contributed by atoms with Crippen LogP contribution in [0.1, 0.15) is 24.2 Å². The first-order chi connectivity index (χ1) is 7.91. The lowest BCUT2D eigenvalue weighted by atomic mass is 10.3. The lowest BCUT2D eigenvalue weighted by Crippen LogP contribution is -2.13. The van der Waals surface area contributed by atoms with E-state index in [0.29, 0.717) is 12.5 Å². The van der Waals surface area contributed by atoms with Gasteiger partial charge >= 0.3 is 6.18 Å². The first-order valence-electron chi connectivity index (χ1n) is 5.19. The summed E-state index contributed by atoms with van der Waals surface area (Å²) in [6.45, 7) is 0.414. The monoisotopic (exact) mass is 247 g/mol. The van der Waals surface area contributed by atoms with Crippen molar-refractivity contribution in [1.29, 1.82) is 5.41 Å². The minimum atomic E-state index is -4.49. The highest BCUT2D eigenvalue weighted by molar-refractivity contribution is 5.89. The number of hydrogen-bond acceptors (Lipinski definition) is 3. The molecule has 0 bridgehead atoms. The number of alkyl halides is 3. The SMILES string of the molecule is COC(=N)c1cc(C(F)(F)F)nn1CC1CC1. The van der Waals surface area contributed by atoms with Crippen molar-refractivity contribution in [1.82, 2.24) is 9.78 Å². The van der Waals surface area contributed by atoms with Crippen molar-refractivity contribution in [2.75, 3.05) is 7.11 Å². The van der Waals surface area contributed by atoms with Crippen molar-refractivity contribution in [2.45, 2.75) is 25.6 Å². The third-order valence-corrected chi connectivity index (χ3v) is 2.64. The van der Waals surface area contributed by atoms with Crippen LogP contribution in [0.25, 0.3) is 0 Å². The number of methoxy groups -OCH3 is 1. The summed E-state index contributed by atoms with van der Waals surface area (Å²) < 4.78 is 43.4. The van der Waals surface area contributed by atoms with Gasteiger partial charge in [-0.2, -0.15) is 18.3 Å². The van der Waals surface area contributed by atoms with Gasteiger partial charge in [-0.15, -0.1) is 0 Å². The molecule has 0 unspecified atom stereocenters. The number of hydrogen-bond donors (Lipinski definition) is 1. The van der Waals surface area contributed by atoms with E-state index in [2.05, 4.69) is 9.84 Å². The second-order valence-electron chi connectivity index (χ2n) is 4.07. The molecule has 0 aliphatic heterocycles. The number of aromatic nitrogens is 2. The van der Waals surface area contributed by atoms with Crippen LogP contribution < -0.4 is 0 Å². The van der Waals surface area contributed by atoms with Gasteiger partial charge in [-0.05, 0) is 18.8 Å². The Balaban J connectivity index is 2.32. The lowest BCUT2D eigenvalue weighted by molar-refractivity contribution is -0.141. The third kappa shape index (κ3) is 2.59. The van der Waals surface area contributed by atoms with Crippen molar-refractivity contribution < 1.29 is 17.9 Å². The molecular weight excluding hydrogens is 235 g/mol. The molecule has 1 aromatic heterocycles. The summed E-state index contributed by atoms with van der Waals surface area (Å²) in [6, 6.07) is 0.855. The Morgan fingerprint density at radius 1 is 1.59 bits per heavy atom. The molecule has 1 N–H and O–H groups in total. The summed E-state index contributed by atoms with van der Waals surface area (Å²) in [5, 5.41) is 11.0. The predicted octanol–water partition coefficient (Wildman–Crippen LogP) is 2.28. The molecule has 1 aromatic rings. The van der Waals surface area contributed by atoms with Gasteiger partial charge in [0.2, 0.25) is 5.90 Å². The molecule has 1 saturated carbocycles. The number of ether oxygens (including phenoxy) is 1. The van der Waals surface area contributed by atoms with Crippen molar-refractivity contribution >= 4 is 5.90 Å². The van der Waals surface area contributed by atoms with E-state index >= 15 is 0 Å². The van der Waals surface area contributed by atoms with Gasteiger partial charge in [-0.25, -0.2) is 0 Å². The molecule has 0 saturated heterocycles. The number of nitrogens with one attached hydrogen (secondary N) is 1. The minimum absolute atomic E-state index is 0.0757. The van der Waals surface area contributed by atoms with Crippen molar-refractivity contribution in [3.8, 4) is 0 Å². The zero-order valence-corrected chi connectivity index (χ0v) is 9.21. The van der Waals surface area contributed by atoms with E-state index in [1.165, 1.54) is 11.8 Å². The van der Waals surface area contributed by atoms with E-state index in [0.717, 1.165) is 18.9 Å². The van der Waals surface area contributed by atoms with Crippen molar-refractivity contribution in [2.24, 2.45) is 5.92 Å². The topological polar surface area (TPSA) is 50.9 Å². The molecule has 1 aliphatic carbocycles. The molecule has 0 amide bonds. The van der Waals surface area contributed by atoms with Crippen LogP contribution in [0.5, 0.6) is 0 Å². The summed E-state index contributed by atoms with van der Waals surface area (Å²) in [6.07, 6.45) is -2.49. The summed E-state index contributed by atoms with van der Waals surface area (Å²) >= 11 is 0. The van der Waals surface area contributed by atoms with Crippen molar-refractivity contribution in [3.63, 3.8) is 0 Å². The summed E-state index contributed by atoms with van der Waals surface area (Å²) in [5.74, 6) is 0.0769. The molecule has 0 atom stereocenters. The molecule has 1 heterocycles. The molecule has 7 heteroatoms. The standard InChI is InChI=1S/C10H12F3N3O/c1-17-9(14)7-4-8(10(11,12)13)15-16(7)5-6-2-3-6/h4,6,14H,2-3,5H2,1H3. The van der Waals surface area contributed by atoms with Gasteiger partial charge < -0.3 is 4.74 Å². The minimum Gasteiger partial charge on any atom is -0.480 e. The lowest BCUT2D eigenvalue weighted by Gasteiger charge is -2.06. The number of rotatable bonds is 3. The maximum atomic E-state index is 12.5. The van der Waals surface area contributed by atoms with Crippen LogP contribution in [-0.4, -0.2) is 22.8 Å². The first kappa shape index (κ1) is 11.9. The maximum absolute atomic E-state index is 12.5. The average molecular weight is 247 g/mol. The van der Waals surface area contributed by atoms with Gasteiger partial charge in [0.25, 0.3) is 0 Å². The predicted molar refractivity (Wildman–Crippen MR) is 53.8 cm³/mol. The third-order valence-electron chi connectivity index (χ3n) is 2.64.